The third-order valence-corrected chi connectivity index (χ3v) is 12.9. The summed E-state index contributed by atoms with van der Waals surface area (Å²) in [5.74, 6) is 0. The molecule has 0 saturated carbocycles. The van der Waals surface area contributed by atoms with Crippen LogP contribution in [0.15, 0.2) is 237 Å². The van der Waals surface area contributed by atoms with Gasteiger partial charge in [0.1, 0.15) is 0 Å². The Balaban J connectivity index is 0.958. The van der Waals surface area contributed by atoms with Gasteiger partial charge < -0.3 is 4.90 Å². The standard InChI is InChI=1S/C61H45N/c1-61(2)59-40-51(56-19-11-17-50-16-9-10-18-55(50)56)32-38-57(59)58-39-37-54(41-60(58)61)62(52-33-28-48(29-34-52)46-24-20-44(21-25-46)42-12-5-3-6-13-42)53-35-30-49(31-36-53)47-26-22-45(23-27-47)43-14-7-4-8-15-43/h3-41H,1-2H3. The van der Waals surface area contributed by atoms with Gasteiger partial charge in [-0.3, -0.25) is 0 Å². The summed E-state index contributed by atoms with van der Waals surface area (Å²) in [4.78, 5) is 2.41. The van der Waals surface area contributed by atoms with Crippen molar-refractivity contribution in [2.75, 3.05) is 4.90 Å². The molecule has 1 aliphatic rings. The second-order valence-corrected chi connectivity index (χ2v) is 17.0. The fourth-order valence-electron chi connectivity index (χ4n) is 9.53. The van der Waals surface area contributed by atoms with Crippen molar-refractivity contribution in [1.29, 1.82) is 0 Å². The van der Waals surface area contributed by atoms with E-state index in [1.165, 1.54) is 88.7 Å². The molecule has 0 aliphatic heterocycles. The molecule has 11 rings (SSSR count). The van der Waals surface area contributed by atoms with E-state index in [2.05, 4.69) is 255 Å². The Hall–Kier alpha value is -7.74. The average molecular weight is 792 g/mol. The number of fused-ring (bicyclic) bond motifs is 4. The zero-order chi connectivity index (χ0) is 41.6. The molecule has 0 spiro atoms. The first-order chi connectivity index (χ1) is 30.5. The van der Waals surface area contributed by atoms with E-state index in [-0.39, 0.29) is 5.41 Å². The van der Waals surface area contributed by atoms with Crippen LogP contribution in [0.3, 0.4) is 0 Å². The van der Waals surface area contributed by atoms with Crippen LogP contribution >= 0.6 is 0 Å². The van der Waals surface area contributed by atoms with Crippen LogP contribution in [0.25, 0.3) is 77.5 Å². The smallest absolute Gasteiger partial charge is 0.0465 e. The Bertz CT molecular complexity index is 3070. The molecule has 0 N–H and O–H groups in total. The molecule has 0 unspecified atom stereocenters. The van der Waals surface area contributed by atoms with Crippen LogP contribution in [0, 0.1) is 0 Å². The summed E-state index contributed by atoms with van der Waals surface area (Å²) in [5.41, 5.74) is 20.7. The number of benzene rings is 10. The number of hydrogen-bond donors (Lipinski definition) is 0. The minimum atomic E-state index is -0.196. The molecule has 0 saturated heterocycles. The molecule has 0 fully saturated rings. The fraction of sp³-hybridized carbons (Fsp3) is 0.0492. The van der Waals surface area contributed by atoms with E-state index in [0.717, 1.165) is 17.1 Å². The fourth-order valence-corrected chi connectivity index (χ4v) is 9.53. The van der Waals surface area contributed by atoms with Crippen molar-refractivity contribution in [2.24, 2.45) is 0 Å². The highest BCUT2D eigenvalue weighted by molar-refractivity contribution is 5.98. The number of nitrogens with zero attached hydrogens (tertiary/aromatic N) is 1. The average Bonchev–Trinajstić information content (AvgIpc) is 3.57. The molecule has 0 amide bonds. The highest BCUT2D eigenvalue weighted by Crippen LogP contribution is 2.52. The molecular formula is C61H45N. The van der Waals surface area contributed by atoms with Crippen LogP contribution in [-0.4, -0.2) is 0 Å². The van der Waals surface area contributed by atoms with Gasteiger partial charge in [0.2, 0.25) is 0 Å². The lowest BCUT2D eigenvalue weighted by atomic mass is 9.81. The van der Waals surface area contributed by atoms with Crippen LogP contribution in [0.2, 0.25) is 0 Å². The quantitative estimate of drug-likeness (QED) is 0.148. The highest BCUT2D eigenvalue weighted by atomic mass is 15.1. The maximum absolute atomic E-state index is 2.44. The van der Waals surface area contributed by atoms with E-state index in [1.54, 1.807) is 0 Å². The summed E-state index contributed by atoms with van der Waals surface area (Å²) in [5, 5.41) is 2.55. The van der Waals surface area contributed by atoms with Gasteiger partial charge in [-0.15, -0.1) is 0 Å². The van der Waals surface area contributed by atoms with E-state index in [9.17, 15) is 0 Å². The van der Waals surface area contributed by atoms with Gasteiger partial charge in [0.25, 0.3) is 0 Å². The van der Waals surface area contributed by atoms with Crippen molar-refractivity contribution in [3.8, 4) is 66.8 Å². The molecule has 1 aliphatic carbocycles. The van der Waals surface area contributed by atoms with E-state index in [1.807, 2.05) is 0 Å². The molecule has 1 nitrogen and oxygen atoms in total. The summed E-state index contributed by atoms with van der Waals surface area (Å²) in [6.45, 7) is 4.77. The minimum absolute atomic E-state index is 0.196. The summed E-state index contributed by atoms with van der Waals surface area (Å²) in [7, 11) is 0. The van der Waals surface area contributed by atoms with Gasteiger partial charge in [0, 0.05) is 22.5 Å². The zero-order valence-corrected chi connectivity index (χ0v) is 35.0. The van der Waals surface area contributed by atoms with E-state index in [4.69, 9.17) is 0 Å². The molecule has 0 heterocycles. The van der Waals surface area contributed by atoms with Gasteiger partial charge in [-0.1, -0.05) is 208 Å². The van der Waals surface area contributed by atoms with Crippen LogP contribution in [0.5, 0.6) is 0 Å². The normalized spacial score (nSPS) is 12.5. The predicted molar refractivity (Wildman–Crippen MR) is 263 cm³/mol. The lowest BCUT2D eigenvalue weighted by Crippen LogP contribution is -2.16. The van der Waals surface area contributed by atoms with Crippen LogP contribution in [-0.2, 0) is 5.41 Å². The number of anilines is 3. The Labute approximate surface area is 364 Å². The zero-order valence-electron chi connectivity index (χ0n) is 35.0. The molecule has 0 atom stereocenters. The maximum atomic E-state index is 2.44. The SMILES string of the molecule is CC1(C)c2cc(-c3cccc4ccccc34)ccc2-c2ccc(N(c3ccc(-c4ccc(-c5ccccc5)cc4)cc3)c3ccc(-c4ccc(-c5ccccc5)cc4)cc3)cc21. The van der Waals surface area contributed by atoms with Crippen molar-refractivity contribution < 1.29 is 0 Å². The molecule has 0 bridgehead atoms. The molecular weight excluding hydrogens is 747 g/mol. The van der Waals surface area contributed by atoms with Crippen molar-refractivity contribution >= 4 is 27.8 Å². The van der Waals surface area contributed by atoms with Crippen LogP contribution in [0.1, 0.15) is 25.0 Å². The molecule has 1 heteroatoms. The van der Waals surface area contributed by atoms with E-state index < -0.39 is 0 Å². The van der Waals surface area contributed by atoms with Crippen molar-refractivity contribution in [1.82, 2.24) is 0 Å². The topological polar surface area (TPSA) is 3.24 Å². The maximum Gasteiger partial charge on any atom is 0.0465 e. The van der Waals surface area contributed by atoms with E-state index in [0.29, 0.717) is 0 Å². The molecule has 10 aromatic rings. The van der Waals surface area contributed by atoms with Crippen LogP contribution in [0.4, 0.5) is 17.1 Å². The Kier molecular flexibility index (Phi) is 9.24. The lowest BCUT2D eigenvalue weighted by molar-refractivity contribution is 0.660. The Morgan fingerprint density at radius 1 is 0.274 bits per heavy atom. The third-order valence-electron chi connectivity index (χ3n) is 12.9. The molecule has 294 valence electrons. The largest absolute Gasteiger partial charge is 0.310 e. The van der Waals surface area contributed by atoms with Gasteiger partial charge in [0.15, 0.2) is 0 Å². The molecule has 0 aromatic heterocycles. The second kappa shape index (κ2) is 15.4. The van der Waals surface area contributed by atoms with Crippen molar-refractivity contribution in [2.45, 2.75) is 19.3 Å². The Morgan fingerprint density at radius 2 is 0.645 bits per heavy atom. The first kappa shape index (κ1) is 37.3. The molecule has 62 heavy (non-hydrogen) atoms. The number of hydrogen-bond acceptors (Lipinski definition) is 1. The van der Waals surface area contributed by atoms with Gasteiger partial charge in [-0.05, 0) is 131 Å². The van der Waals surface area contributed by atoms with Crippen molar-refractivity contribution in [3.05, 3.63) is 248 Å². The van der Waals surface area contributed by atoms with E-state index >= 15 is 0 Å². The summed E-state index contributed by atoms with van der Waals surface area (Å²) in [6, 6.07) is 86.5. The second-order valence-electron chi connectivity index (χ2n) is 17.0. The predicted octanol–water partition coefficient (Wildman–Crippen LogP) is 17.0. The van der Waals surface area contributed by atoms with Gasteiger partial charge >= 0.3 is 0 Å². The van der Waals surface area contributed by atoms with Crippen LogP contribution < -0.4 is 4.90 Å². The lowest BCUT2D eigenvalue weighted by Gasteiger charge is -2.28. The highest BCUT2D eigenvalue weighted by Gasteiger charge is 2.36. The minimum Gasteiger partial charge on any atom is -0.310 e. The Morgan fingerprint density at radius 3 is 1.16 bits per heavy atom. The van der Waals surface area contributed by atoms with Gasteiger partial charge in [-0.25, -0.2) is 0 Å². The van der Waals surface area contributed by atoms with Gasteiger partial charge in [-0.2, -0.15) is 0 Å². The van der Waals surface area contributed by atoms with Gasteiger partial charge in [0.05, 0.1) is 0 Å². The monoisotopic (exact) mass is 791 g/mol. The summed E-state index contributed by atoms with van der Waals surface area (Å²) < 4.78 is 0. The van der Waals surface area contributed by atoms with Crippen molar-refractivity contribution in [3.63, 3.8) is 0 Å². The first-order valence-electron chi connectivity index (χ1n) is 21.6. The molecule has 0 radical (unpaired) electrons. The summed E-state index contributed by atoms with van der Waals surface area (Å²) >= 11 is 0. The third kappa shape index (κ3) is 6.69. The first-order valence-corrected chi connectivity index (χ1v) is 21.6. The molecule has 10 aromatic carbocycles. The number of rotatable bonds is 8. The summed E-state index contributed by atoms with van der Waals surface area (Å²) in [6.07, 6.45) is 0.